The van der Waals surface area contributed by atoms with Crippen molar-refractivity contribution in [2.24, 2.45) is 5.73 Å². The number of aldehydes is 1. The van der Waals surface area contributed by atoms with Gasteiger partial charge in [-0.2, -0.15) is 0 Å². The highest BCUT2D eigenvalue weighted by atomic mass is 16.3. The predicted octanol–water partition coefficient (Wildman–Crippen LogP) is 1.34. The van der Waals surface area contributed by atoms with E-state index in [1.54, 1.807) is 24.3 Å². The molecule has 2 N–H and O–H groups in total. The van der Waals surface area contributed by atoms with Crippen molar-refractivity contribution < 1.29 is 14.0 Å². The number of primary amides is 1. The summed E-state index contributed by atoms with van der Waals surface area (Å²) in [7, 11) is 0. The molecular formula is C10H7NO3. The van der Waals surface area contributed by atoms with Crippen LogP contribution in [0.2, 0.25) is 0 Å². The molecule has 4 nitrogen and oxygen atoms in total. The monoisotopic (exact) mass is 189 g/mol. The topological polar surface area (TPSA) is 73.3 Å². The Labute approximate surface area is 79.3 Å². The molecule has 14 heavy (non-hydrogen) atoms. The van der Waals surface area contributed by atoms with E-state index in [4.69, 9.17) is 10.2 Å². The van der Waals surface area contributed by atoms with Crippen LogP contribution in [-0.2, 0) is 0 Å². The van der Waals surface area contributed by atoms with Crippen LogP contribution in [0.3, 0.4) is 0 Å². The number of rotatable bonds is 2. The number of fused-ring (bicyclic) bond motifs is 1. The van der Waals surface area contributed by atoms with E-state index in [1.165, 1.54) is 0 Å². The molecule has 0 spiro atoms. The van der Waals surface area contributed by atoms with Crippen LogP contribution in [0.15, 0.2) is 28.7 Å². The highest BCUT2D eigenvalue weighted by Crippen LogP contribution is 2.23. The third kappa shape index (κ3) is 1.08. The number of furan rings is 1. The first-order chi connectivity index (χ1) is 6.74. The Kier molecular flexibility index (Phi) is 1.81. The van der Waals surface area contributed by atoms with Gasteiger partial charge in [-0.15, -0.1) is 0 Å². The van der Waals surface area contributed by atoms with Crippen LogP contribution in [0, 0.1) is 0 Å². The molecular weight excluding hydrogens is 182 g/mol. The molecule has 2 rings (SSSR count). The molecule has 0 unspecified atom stereocenters. The van der Waals surface area contributed by atoms with Gasteiger partial charge in [-0.05, 0) is 6.07 Å². The molecule has 2 aromatic rings. The van der Waals surface area contributed by atoms with E-state index in [-0.39, 0.29) is 11.3 Å². The summed E-state index contributed by atoms with van der Waals surface area (Å²) in [6.45, 7) is 0. The van der Waals surface area contributed by atoms with Crippen LogP contribution < -0.4 is 5.73 Å². The third-order valence-corrected chi connectivity index (χ3v) is 1.98. The fraction of sp³-hybridized carbons (Fsp3) is 0. The Morgan fingerprint density at radius 3 is 2.71 bits per heavy atom. The maximum Gasteiger partial charge on any atom is 0.253 e. The summed E-state index contributed by atoms with van der Waals surface area (Å²) in [6.07, 6.45) is 0.486. The highest BCUT2D eigenvalue weighted by Gasteiger charge is 2.17. The summed E-state index contributed by atoms with van der Waals surface area (Å²) in [5, 5.41) is 0.571. The number of carbonyl (C=O) groups is 2. The number of carbonyl (C=O) groups excluding carboxylic acids is 2. The smallest absolute Gasteiger partial charge is 0.253 e. The molecule has 0 bridgehead atoms. The van der Waals surface area contributed by atoms with Crippen LogP contribution in [0.5, 0.6) is 0 Å². The van der Waals surface area contributed by atoms with Crippen molar-refractivity contribution in [2.75, 3.05) is 0 Å². The Bertz CT molecular complexity index is 513. The van der Waals surface area contributed by atoms with Crippen LogP contribution in [0.1, 0.15) is 20.9 Å². The summed E-state index contributed by atoms with van der Waals surface area (Å²) in [5.74, 6) is -0.671. The molecule has 1 aromatic carbocycles. The maximum absolute atomic E-state index is 11.1. The van der Waals surface area contributed by atoms with E-state index in [1.807, 2.05) is 0 Å². The van der Waals surface area contributed by atoms with Gasteiger partial charge in [0, 0.05) is 5.39 Å². The van der Waals surface area contributed by atoms with Gasteiger partial charge in [0.15, 0.2) is 12.0 Å². The Morgan fingerprint density at radius 2 is 2.07 bits per heavy atom. The summed E-state index contributed by atoms with van der Waals surface area (Å²) >= 11 is 0. The first-order valence-corrected chi connectivity index (χ1v) is 4.00. The molecule has 0 aliphatic rings. The van der Waals surface area contributed by atoms with Crippen LogP contribution in [0.25, 0.3) is 11.0 Å². The van der Waals surface area contributed by atoms with Gasteiger partial charge in [-0.25, -0.2) is 0 Å². The SMILES string of the molecule is NC(=O)c1c(C=O)oc2ccccc12. The van der Waals surface area contributed by atoms with Crippen LogP contribution in [0.4, 0.5) is 0 Å². The maximum atomic E-state index is 11.1. The van der Waals surface area contributed by atoms with Gasteiger partial charge in [0.1, 0.15) is 5.58 Å². The van der Waals surface area contributed by atoms with E-state index in [0.29, 0.717) is 17.3 Å². The lowest BCUT2D eigenvalue weighted by Crippen LogP contribution is -2.12. The number of hydrogen-bond donors (Lipinski definition) is 1. The standard InChI is InChI=1S/C10H7NO3/c11-10(13)9-6-3-1-2-4-7(6)14-8(9)5-12/h1-5H,(H2,11,13). The highest BCUT2D eigenvalue weighted by molar-refractivity contribution is 6.10. The average molecular weight is 189 g/mol. The van der Waals surface area contributed by atoms with Crippen LogP contribution in [-0.4, -0.2) is 12.2 Å². The second kappa shape index (κ2) is 2.99. The number of amides is 1. The molecule has 0 atom stereocenters. The zero-order valence-electron chi connectivity index (χ0n) is 7.19. The lowest BCUT2D eigenvalue weighted by atomic mass is 10.1. The number of benzene rings is 1. The molecule has 0 radical (unpaired) electrons. The van der Waals surface area contributed by atoms with Crippen molar-refractivity contribution in [3.05, 3.63) is 35.6 Å². The van der Waals surface area contributed by atoms with E-state index >= 15 is 0 Å². The number of para-hydroxylation sites is 1. The normalized spacial score (nSPS) is 10.3. The molecule has 4 heteroatoms. The molecule has 0 saturated heterocycles. The molecule has 1 heterocycles. The van der Waals surface area contributed by atoms with Crippen molar-refractivity contribution >= 4 is 23.2 Å². The van der Waals surface area contributed by atoms with Gasteiger partial charge in [0.05, 0.1) is 5.56 Å². The predicted molar refractivity (Wildman–Crippen MR) is 50.1 cm³/mol. The van der Waals surface area contributed by atoms with Gasteiger partial charge in [-0.1, -0.05) is 18.2 Å². The minimum absolute atomic E-state index is 0.0151. The summed E-state index contributed by atoms with van der Waals surface area (Å²) in [6, 6.07) is 6.87. The zero-order valence-corrected chi connectivity index (χ0v) is 7.19. The fourth-order valence-electron chi connectivity index (χ4n) is 1.40. The first-order valence-electron chi connectivity index (χ1n) is 4.00. The minimum Gasteiger partial charge on any atom is -0.452 e. The molecule has 0 saturated carbocycles. The molecule has 1 aromatic heterocycles. The van der Waals surface area contributed by atoms with Gasteiger partial charge >= 0.3 is 0 Å². The Balaban J connectivity index is 2.87. The van der Waals surface area contributed by atoms with Crippen LogP contribution >= 0.6 is 0 Å². The quantitative estimate of drug-likeness (QED) is 0.724. The Hall–Kier alpha value is -2.10. The van der Waals surface area contributed by atoms with E-state index in [0.717, 1.165) is 0 Å². The zero-order chi connectivity index (χ0) is 10.1. The average Bonchev–Trinajstić information content (AvgIpc) is 2.55. The van der Waals surface area contributed by atoms with Crippen molar-refractivity contribution in [3.8, 4) is 0 Å². The second-order valence-electron chi connectivity index (χ2n) is 2.82. The Morgan fingerprint density at radius 1 is 1.36 bits per heavy atom. The van der Waals surface area contributed by atoms with Crippen molar-refractivity contribution in [3.63, 3.8) is 0 Å². The molecule has 0 aliphatic carbocycles. The summed E-state index contributed by atoms with van der Waals surface area (Å²) < 4.78 is 5.14. The third-order valence-electron chi connectivity index (χ3n) is 1.98. The second-order valence-corrected chi connectivity index (χ2v) is 2.82. The van der Waals surface area contributed by atoms with Gasteiger partial charge in [0.2, 0.25) is 0 Å². The van der Waals surface area contributed by atoms with Gasteiger partial charge in [-0.3, -0.25) is 9.59 Å². The van der Waals surface area contributed by atoms with E-state index < -0.39 is 5.91 Å². The number of nitrogens with two attached hydrogens (primary N) is 1. The molecule has 70 valence electrons. The molecule has 0 aliphatic heterocycles. The lowest BCUT2D eigenvalue weighted by molar-refractivity contribution is 0.0990. The minimum atomic E-state index is -0.656. The fourth-order valence-corrected chi connectivity index (χ4v) is 1.40. The van der Waals surface area contributed by atoms with Crippen molar-refractivity contribution in [2.45, 2.75) is 0 Å². The lowest BCUT2D eigenvalue weighted by Gasteiger charge is -1.90. The van der Waals surface area contributed by atoms with Crippen molar-refractivity contribution in [1.82, 2.24) is 0 Å². The number of hydrogen-bond acceptors (Lipinski definition) is 3. The van der Waals surface area contributed by atoms with Gasteiger partial charge in [0.25, 0.3) is 5.91 Å². The molecule has 0 fully saturated rings. The largest absolute Gasteiger partial charge is 0.452 e. The van der Waals surface area contributed by atoms with E-state index in [9.17, 15) is 9.59 Å². The van der Waals surface area contributed by atoms with Gasteiger partial charge < -0.3 is 10.2 Å². The van der Waals surface area contributed by atoms with Crippen molar-refractivity contribution in [1.29, 1.82) is 0 Å². The summed E-state index contributed by atoms with van der Waals surface area (Å²) in [4.78, 5) is 21.7. The van der Waals surface area contributed by atoms with E-state index in [2.05, 4.69) is 0 Å². The molecule has 1 amide bonds. The first kappa shape index (κ1) is 8.50. The summed E-state index contributed by atoms with van der Waals surface area (Å²) in [5.41, 5.74) is 5.78.